The number of ether oxygens (including phenoxy) is 5. The molecule has 0 aliphatic carbocycles. The molecule has 3 heterocycles. The molecule has 246 valence electrons. The molecule has 0 spiro atoms. The molecule has 1 N–H and O–H groups in total. The molecule has 0 saturated carbocycles. The smallest absolute Gasteiger partial charge is 0.350 e. The first-order chi connectivity index (χ1) is 23.3. The topological polar surface area (TPSA) is 134 Å². The number of aromatic nitrogens is 1. The van der Waals surface area contributed by atoms with Gasteiger partial charge in [0.05, 0.1) is 23.9 Å². The van der Waals surface area contributed by atoms with Gasteiger partial charge < -0.3 is 28.8 Å². The van der Waals surface area contributed by atoms with Crippen molar-refractivity contribution in [3.63, 3.8) is 0 Å². The molecule has 1 fully saturated rings. The summed E-state index contributed by atoms with van der Waals surface area (Å²) in [5, 5.41) is 11.8. The van der Waals surface area contributed by atoms with E-state index in [1.54, 1.807) is 43.3 Å². The number of fused-ring (bicyclic) bond motifs is 1. The first-order valence-corrected chi connectivity index (χ1v) is 16.0. The fourth-order valence-corrected chi connectivity index (χ4v) is 6.37. The molecule has 3 aromatic carbocycles. The number of carbonyl (C=O) groups excluding carboxylic acids is 3. The Hall–Kier alpha value is -5.62. The number of hydrogen-bond donors (Lipinski definition) is 1. The van der Waals surface area contributed by atoms with Crippen LogP contribution in [0.5, 0.6) is 23.0 Å². The number of Topliss-reactive ketones (excluding diaryl/α,β-unsaturated/α-hetero) is 1. The maximum Gasteiger partial charge on any atom is 0.350 e. The van der Waals surface area contributed by atoms with E-state index in [2.05, 4.69) is 11.6 Å². The molecule has 0 radical (unpaired) electrons. The average Bonchev–Trinajstić information content (AvgIpc) is 3.62. The number of amides is 1. The number of aliphatic hydroxyl groups is 1. The molecule has 4 aromatic rings. The Morgan fingerprint density at radius 1 is 1.04 bits per heavy atom. The number of aliphatic hydroxyl groups excluding tert-OH is 1. The van der Waals surface area contributed by atoms with Gasteiger partial charge in [0.25, 0.3) is 5.78 Å². The molecule has 6 rings (SSSR count). The van der Waals surface area contributed by atoms with Gasteiger partial charge in [-0.3, -0.25) is 14.5 Å². The van der Waals surface area contributed by atoms with Crippen molar-refractivity contribution in [1.82, 2.24) is 4.98 Å². The molecule has 1 saturated heterocycles. The van der Waals surface area contributed by atoms with Crippen LogP contribution in [0.15, 0.2) is 85.0 Å². The van der Waals surface area contributed by atoms with Gasteiger partial charge in [-0.2, -0.15) is 0 Å². The Bertz CT molecular complexity index is 1920. The number of aryl methyl sites for hydroxylation is 1. The Balaban J connectivity index is 1.47. The van der Waals surface area contributed by atoms with Crippen molar-refractivity contribution >= 4 is 39.9 Å². The molecular formula is C36H32N2O9S. The molecule has 1 atom stereocenters. The lowest BCUT2D eigenvalue weighted by Crippen LogP contribution is -2.29. The third-order valence-corrected chi connectivity index (χ3v) is 8.73. The lowest BCUT2D eigenvalue weighted by atomic mass is 9.95. The van der Waals surface area contributed by atoms with Gasteiger partial charge in [-0.15, -0.1) is 0 Å². The first kappa shape index (κ1) is 32.3. The number of rotatable bonds is 11. The standard InChI is InChI=1S/C36H32N2O9S/c1-4-15-46-35(42)33-21(3)37-36(48-33)38-30(23-11-13-26(27(18-23)43-5-2)47-20-22-9-7-6-8-10-22)29(32(40)34(38)41)31(39)24-12-14-25-28(19-24)45-17-16-44-25/h4,6-14,18-19,30,39H,1,5,15-17,20H2,2-3H3/b31-29+/t30-/m1/s1. The summed E-state index contributed by atoms with van der Waals surface area (Å²) in [6.45, 7) is 8.28. The SMILES string of the molecule is C=CCOC(=O)c1sc(N2C(=O)C(=O)/C(=C(/O)c3ccc4c(c3)OCCO4)[C@H]2c2ccc(OCc3ccccc3)c(OCC)c2)nc1C. The number of ketones is 1. The van der Waals surface area contributed by atoms with Crippen LogP contribution in [0.1, 0.15) is 45.0 Å². The van der Waals surface area contributed by atoms with E-state index >= 15 is 0 Å². The van der Waals surface area contributed by atoms with Crippen molar-refractivity contribution in [1.29, 1.82) is 0 Å². The fourth-order valence-electron chi connectivity index (χ4n) is 5.38. The van der Waals surface area contributed by atoms with Crippen LogP contribution in [0.3, 0.4) is 0 Å². The van der Waals surface area contributed by atoms with E-state index in [9.17, 15) is 19.5 Å². The molecule has 1 amide bonds. The minimum Gasteiger partial charge on any atom is -0.507 e. The number of anilines is 1. The first-order valence-electron chi connectivity index (χ1n) is 15.2. The highest BCUT2D eigenvalue weighted by atomic mass is 32.1. The van der Waals surface area contributed by atoms with Gasteiger partial charge in [0.1, 0.15) is 37.1 Å². The summed E-state index contributed by atoms with van der Waals surface area (Å²) in [5.41, 5.74) is 1.78. The highest BCUT2D eigenvalue weighted by Crippen LogP contribution is 2.46. The van der Waals surface area contributed by atoms with Gasteiger partial charge in [-0.1, -0.05) is 60.4 Å². The normalized spacial score (nSPS) is 16.5. The molecule has 0 bridgehead atoms. The molecular weight excluding hydrogens is 636 g/mol. The molecule has 0 unspecified atom stereocenters. The van der Waals surface area contributed by atoms with Crippen LogP contribution in [0.2, 0.25) is 0 Å². The third-order valence-electron chi connectivity index (χ3n) is 7.59. The van der Waals surface area contributed by atoms with Crippen LogP contribution >= 0.6 is 11.3 Å². The minimum absolute atomic E-state index is 0.00947. The summed E-state index contributed by atoms with van der Waals surface area (Å²) >= 11 is 0.907. The molecule has 2 aliphatic rings. The monoisotopic (exact) mass is 668 g/mol. The maximum absolute atomic E-state index is 13.8. The van der Waals surface area contributed by atoms with Gasteiger partial charge in [-0.05, 0) is 55.3 Å². The number of benzene rings is 3. The number of carbonyl (C=O) groups is 3. The minimum atomic E-state index is -1.15. The second-order valence-corrected chi connectivity index (χ2v) is 11.7. The van der Waals surface area contributed by atoms with Crippen LogP contribution in [0, 0.1) is 6.92 Å². The summed E-state index contributed by atoms with van der Waals surface area (Å²) in [6, 6.07) is 18.3. The highest BCUT2D eigenvalue weighted by Gasteiger charge is 2.49. The van der Waals surface area contributed by atoms with E-state index in [1.165, 1.54) is 11.0 Å². The summed E-state index contributed by atoms with van der Waals surface area (Å²) in [5.74, 6) is -1.20. The van der Waals surface area contributed by atoms with Gasteiger partial charge in [0.2, 0.25) is 0 Å². The quantitative estimate of drug-likeness (QED) is 0.0650. The van der Waals surface area contributed by atoms with Gasteiger partial charge in [0, 0.05) is 5.56 Å². The van der Waals surface area contributed by atoms with Crippen molar-refractivity contribution < 1.29 is 43.2 Å². The van der Waals surface area contributed by atoms with Crippen molar-refractivity contribution in [2.75, 3.05) is 31.3 Å². The van der Waals surface area contributed by atoms with Crippen molar-refractivity contribution in [3.05, 3.63) is 112 Å². The Morgan fingerprint density at radius 2 is 1.81 bits per heavy atom. The second-order valence-electron chi connectivity index (χ2n) is 10.7. The Labute approximate surface area is 280 Å². The van der Waals surface area contributed by atoms with E-state index in [-0.39, 0.29) is 34.4 Å². The number of thiazole rings is 1. The number of nitrogens with zero attached hydrogens (tertiary/aromatic N) is 2. The summed E-state index contributed by atoms with van der Waals surface area (Å²) < 4.78 is 28.6. The van der Waals surface area contributed by atoms with E-state index in [0.717, 1.165) is 16.9 Å². The van der Waals surface area contributed by atoms with E-state index in [1.807, 2.05) is 37.3 Å². The zero-order valence-electron chi connectivity index (χ0n) is 26.3. The average molecular weight is 669 g/mol. The molecule has 2 aliphatic heterocycles. The third kappa shape index (κ3) is 6.34. The zero-order valence-corrected chi connectivity index (χ0v) is 27.1. The van der Waals surface area contributed by atoms with E-state index in [0.29, 0.717) is 54.1 Å². The molecule has 11 nitrogen and oxygen atoms in total. The lowest BCUT2D eigenvalue weighted by molar-refractivity contribution is -0.132. The summed E-state index contributed by atoms with van der Waals surface area (Å²) in [4.78, 5) is 46.3. The van der Waals surface area contributed by atoms with Crippen LogP contribution in [0.4, 0.5) is 5.13 Å². The summed E-state index contributed by atoms with van der Waals surface area (Å²) in [7, 11) is 0. The lowest BCUT2D eigenvalue weighted by Gasteiger charge is -2.24. The zero-order chi connectivity index (χ0) is 33.8. The van der Waals surface area contributed by atoms with E-state index < -0.39 is 29.5 Å². The highest BCUT2D eigenvalue weighted by molar-refractivity contribution is 7.17. The van der Waals surface area contributed by atoms with Crippen LogP contribution < -0.4 is 23.8 Å². The molecule has 48 heavy (non-hydrogen) atoms. The van der Waals surface area contributed by atoms with Gasteiger partial charge in [0.15, 0.2) is 28.1 Å². The number of hydrogen-bond acceptors (Lipinski definition) is 11. The predicted octanol–water partition coefficient (Wildman–Crippen LogP) is 6.17. The van der Waals surface area contributed by atoms with Crippen molar-refractivity contribution in [2.45, 2.75) is 26.5 Å². The Kier molecular flexibility index (Phi) is 9.44. The summed E-state index contributed by atoms with van der Waals surface area (Å²) in [6.07, 6.45) is 1.44. The largest absolute Gasteiger partial charge is 0.507 e. The fraction of sp³-hybridized carbons (Fsp3) is 0.222. The van der Waals surface area contributed by atoms with Crippen LogP contribution in [0.25, 0.3) is 5.76 Å². The van der Waals surface area contributed by atoms with Gasteiger partial charge >= 0.3 is 11.9 Å². The number of esters is 1. The second kappa shape index (κ2) is 14.0. The van der Waals surface area contributed by atoms with Crippen molar-refractivity contribution in [3.8, 4) is 23.0 Å². The molecule has 12 heteroatoms. The van der Waals surface area contributed by atoms with Gasteiger partial charge in [-0.25, -0.2) is 9.78 Å². The van der Waals surface area contributed by atoms with E-state index in [4.69, 9.17) is 23.7 Å². The molecule has 1 aromatic heterocycles. The van der Waals surface area contributed by atoms with Crippen molar-refractivity contribution in [2.24, 2.45) is 0 Å². The van der Waals surface area contributed by atoms with Crippen LogP contribution in [-0.2, 0) is 20.9 Å². The van der Waals surface area contributed by atoms with Crippen LogP contribution in [-0.4, -0.2) is 54.2 Å². The Morgan fingerprint density at radius 3 is 2.56 bits per heavy atom. The predicted molar refractivity (Wildman–Crippen MR) is 178 cm³/mol. The maximum atomic E-state index is 13.8.